The molecule has 1 aromatic heterocycles. The molecule has 0 saturated heterocycles. The lowest BCUT2D eigenvalue weighted by molar-refractivity contribution is 1.00. The number of rotatable bonds is 3. The first-order chi connectivity index (χ1) is 10.3. The number of nitrogens with two attached hydrogens (primary N) is 1. The van der Waals surface area contributed by atoms with Crippen LogP contribution in [0.5, 0.6) is 0 Å². The molecule has 0 saturated carbocycles. The molecule has 0 bridgehead atoms. The van der Waals surface area contributed by atoms with Crippen LogP contribution in [0.3, 0.4) is 0 Å². The monoisotopic (exact) mass is 280 g/mol. The van der Waals surface area contributed by atoms with E-state index in [4.69, 9.17) is 16.4 Å². The number of nitrogens with zero attached hydrogens (tertiary/aromatic N) is 5. The van der Waals surface area contributed by atoms with Gasteiger partial charge in [0.05, 0.1) is 6.21 Å². The second kappa shape index (κ2) is 10.7. The SMILES string of the molecule is C#N.C#N.CCc1ccnc(-c2ccc(C=NN)cc2)n1. The van der Waals surface area contributed by atoms with E-state index in [-0.39, 0.29) is 0 Å². The minimum atomic E-state index is 0.751. The zero-order chi connectivity index (χ0) is 16.1. The molecule has 2 aromatic rings. The van der Waals surface area contributed by atoms with Crippen LogP contribution < -0.4 is 5.84 Å². The highest BCUT2D eigenvalue weighted by atomic mass is 15.1. The van der Waals surface area contributed by atoms with Crippen molar-refractivity contribution in [1.29, 1.82) is 10.5 Å². The van der Waals surface area contributed by atoms with Crippen molar-refractivity contribution in [2.45, 2.75) is 13.3 Å². The van der Waals surface area contributed by atoms with Gasteiger partial charge in [-0.1, -0.05) is 31.2 Å². The first-order valence-corrected chi connectivity index (χ1v) is 6.00. The van der Waals surface area contributed by atoms with Crippen LogP contribution in [-0.4, -0.2) is 16.2 Å². The van der Waals surface area contributed by atoms with Crippen molar-refractivity contribution in [3.05, 3.63) is 47.8 Å². The molecule has 0 amide bonds. The Morgan fingerprint density at radius 1 is 1.14 bits per heavy atom. The Bertz CT molecular complexity index is 592. The molecule has 1 aromatic carbocycles. The third-order valence-electron chi connectivity index (χ3n) is 2.47. The topological polar surface area (TPSA) is 112 Å². The lowest BCUT2D eigenvalue weighted by Crippen LogP contribution is -1.93. The molecule has 0 radical (unpaired) electrons. The molecule has 0 unspecified atom stereocenters. The third kappa shape index (κ3) is 5.50. The van der Waals surface area contributed by atoms with Gasteiger partial charge >= 0.3 is 0 Å². The molecule has 106 valence electrons. The van der Waals surface area contributed by atoms with E-state index in [0.29, 0.717) is 0 Å². The lowest BCUT2D eigenvalue weighted by atomic mass is 10.1. The quantitative estimate of drug-likeness (QED) is 0.526. The van der Waals surface area contributed by atoms with Crippen LogP contribution in [0.4, 0.5) is 0 Å². The Labute approximate surface area is 124 Å². The van der Waals surface area contributed by atoms with E-state index in [1.165, 1.54) is 0 Å². The lowest BCUT2D eigenvalue weighted by Gasteiger charge is -2.02. The van der Waals surface area contributed by atoms with Crippen molar-refractivity contribution < 1.29 is 0 Å². The van der Waals surface area contributed by atoms with Gasteiger partial charge in [0.2, 0.25) is 0 Å². The van der Waals surface area contributed by atoms with Gasteiger partial charge in [-0.15, -0.1) is 0 Å². The molecular formula is C15H16N6. The number of aromatic nitrogens is 2. The summed E-state index contributed by atoms with van der Waals surface area (Å²) in [6.45, 7) is 9.08. The minimum Gasteiger partial charge on any atom is -0.323 e. The van der Waals surface area contributed by atoms with Crippen LogP contribution in [0, 0.1) is 23.7 Å². The summed E-state index contributed by atoms with van der Waals surface area (Å²) in [6, 6.07) is 9.73. The average molecular weight is 280 g/mol. The fourth-order valence-electron chi connectivity index (χ4n) is 1.54. The minimum absolute atomic E-state index is 0.751. The molecule has 6 nitrogen and oxygen atoms in total. The van der Waals surface area contributed by atoms with Gasteiger partial charge in [0, 0.05) is 30.6 Å². The van der Waals surface area contributed by atoms with Gasteiger partial charge in [-0.3, -0.25) is 0 Å². The average Bonchev–Trinajstić information content (AvgIpc) is 2.59. The van der Waals surface area contributed by atoms with Crippen molar-refractivity contribution >= 4 is 6.21 Å². The van der Waals surface area contributed by atoms with E-state index in [9.17, 15) is 0 Å². The molecule has 2 N–H and O–H groups in total. The first-order valence-electron chi connectivity index (χ1n) is 6.00. The van der Waals surface area contributed by atoms with E-state index in [1.54, 1.807) is 12.4 Å². The highest BCUT2D eigenvalue weighted by Gasteiger charge is 2.01. The first kappa shape index (κ1) is 17.8. The number of benzene rings is 1. The Kier molecular flexibility index (Phi) is 9.00. The molecule has 1 heterocycles. The van der Waals surface area contributed by atoms with E-state index in [1.807, 2.05) is 30.3 Å². The van der Waals surface area contributed by atoms with Crippen molar-refractivity contribution in [1.82, 2.24) is 9.97 Å². The van der Waals surface area contributed by atoms with Crippen LogP contribution in [-0.2, 0) is 6.42 Å². The Hall–Kier alpha value is -3.25. The maximum Gasteiger partial charge on any atom is 0.159 e. The molecule has 0 spiro atoms. The van der Waals surface area contributed by atoms with E-state index in [2.05, 4.69) is 35.1 Å². The number of aryl methyl sites for hydroxylation is 1. The van der Waals surface area contributed by atoms with Crippen molar-refractivity contribution in [2.24, 2.45) is 10.9 Å². The number of hydrogen-bond donors (Lipinski definition) is 1. The van der Waals surface area contributed by atoms with Gasteiger partial charge in [0.1, 0.15) is 0 Å². The van der Waals surface area contributed by atoms with Crippen molar-refractivity contribution in [3.8, 4) is 24.5 Å². The van der Waals surface area contributed by atoms with Crippen LogP contribution in [0.2, 0.25) is 0 Å². The van der Waals surface area contributed by atoms with Crippen LogP contribution in [0.25, 0.3) is 11.4 Å². The van der Waals surface area contributed by atoms with Gasteiger partial charge in [-0.25, -0.2) is 20.5 Å². The molecule has 2 rings (SSSR count). The van der Waals surface area contributed by atoms with Gasteiger partial charge in [-0.2, -0.15) is 5.10 Å². The summed E-state index contributed by atoms with van der Waals surface area (Å²) in [5, 5.41) is 16.5. The van der Waals surface area contributed by atoms with Gasteiger partial charge in [0.25, 0.3) is 0 Å². The number of nitriles is 2. The molecule has 0 aliphatic carbocycles. The zero-order valence-electron chi connectivity index (χ0n) is 11.7. The van der Waals surface area contributed by atoms with E-state index < -0.39 is 0 Å². The van der Waals surface area contributed by atoms with E-state index >= 15 is 0 Å². The molecule has 0 fully saturated rings. The maximum absolute atomic E-state index is 6.50. The molecular weight excluding hydrogens is 264 g/mol. The maximum atomic E-state index is 6.50. The van der Waals surface area contributed by atoms with Crippen molar-refractivity contribution in [2.75, 3.05) is 0 Å². The fraction of sp³-hybridized carbons (Fsp3) is 0.133. The van der Waals surface area contributed by atoms with E-state index in [0.717, 1.165) is 29.1 Å². The highest BCUT2D eigenvalue weighted by molar-refractivity contribution is 5.80. The second-order valence-electron chi connectivity index (χ2n) is 3.63. The normalized spacial score (nSPS) is 9.00. The van der Waals surface area contributed by atoms with Gasteiger partial charge in [-0.05, 0) is 18.1 Å². The zero-order valence-corrected chi connectivity index (χ0v) is 11.7. The second-order valence-corrected chi connectivity index (χ2v) is 3.63. The largest absolute Gasteiger partial charge is 0.323 e. The summed E-state index contributed by atoms with van der Waals surface area (Å²) >= 11 is 0. The van der Waals surface area contributed by atoms with Gasteiger partial charge < -0.3 is 5.84 Å². The summed E-state index contributed by atoms with van der Waals surface area (Å²) in [5.41, 5.74) is 3.00. The molecule has 0 aliphatic rings. The Morgan fingerprint density at radius 2 is 1.76 bits per heavy atom. The third-order valence-corrected chi connectivity index (χ3v) is 2.47. The predicted molar refractivity (Wildman–Crippen MR) is 82.0 cm³/mol. The summed E-state index contributed by atoms with van der Waals surface area (Å²) in [6.07, 6.45) is 4.30. The Morgan fingerprint density at radius 3 is 2.29 bits per heavy atom. The molecule has 0 atom stereocenters. The Balaban J connectivity index is 0.000000921. The molecule has 6 heteroatoms. The summed E-state index contributed by atoms with van der Waals surface area (Å²) < 4.78 is 0. The van der Waals surface area contributed by atoms with Crippen LogP contribution >= 0.6 is 0 Å². The smallest absolute Gasteiger partial charge is 0.159 e. The molecule has 21 heavy (non-hydrogen) atoms. The van der Waals surface area contributed by atoms with Crippen molar-refractivity contribution in [3.63, 3.8) is 0 Å². The molecule has 0 aliphatic heterocycles. The highest BCUT2D eigenvalue weighted by Crippen LogP contribution is 2.15. The summed E-state index contributed by atoms with van der Waals surface area (Å²) in [5.74, 6) is 5.84. The summed E-state index contributed by atoms with van der Waals surface area (Å²) in [4.78, 5) is 8.73. The number of hydrogen-bond acceptors (Lipinski definition) is 6. The number of hydrazone groups is 1. The predicted octanol–water partition coefficient (Wildman–Crippen LogP) is 2.28. The fourth-order valence-corrected chi connectivity index (χ4v) is 1.54. The summed E-state index contributed by atoms with van der Waals surface area (Å²) in [7, 11) is 0. The van der Waals surface area contributed by atoms with Crippen LogP contribution in [0.15, 0.2) is 41.6 Å². The standard InChI is InChI=1S/C13H14N4.2CHN/c1-2-12-7-8-15-13(17-12)11-5-3-10(4-6-11)9-16-14;2*1-2/h3-9H,2,14H2,1H3;2*1H. The van der Waals surface area contributed by atoms with Crippen LogP contribution in [0.1, 0.15) is 18.2 Å². The van der Waals surface area contributed by atoms with Gasteiger partial charge in [0.15, 0.2) is 5.82 Å².